The molecule has 0 saturated carbocycles. The van der Waals surface area contributed by atoms with Crippen molar-refractivity contribution in [3.63, 3.8) is 0 Å². The van der Waals surface area contributed by atoms with E-state index < -0.39 is 23.2 Å². The quantitative estimate of drug-likeness (QED) is 0.753. The molecule has 0 aliphatic rings. The predicted octanol–water partition coefficient (Wildman–Crippen LogP) is 3.75. The van der Waals surface area contributed by atoms with Crippen molar-refractivity contribution < 1.29 is 18.7 Å². The fourth-order valence-corrected chi connectivity index (χ4v) is 2.57. The topological polar surface area (TPSA) is 67.4 Å². The first-order valence-electron chi connectivity index (χ1n) is 7.60. The smallest absolute Gasteiger partial charge is 0.313 e. The number of halogens is 3. The molecule has 0 aliphatic heterocycles. The summed E-state index contributed by atoms with van der Waals surface area (Å²) in [6.07, 6.45) is 0. The molecule has 0 saturated heterocycles. The van der Waals surface area contributed by atoms with Crippen molar-refractivity contribution in [1.29, 1.82) is 0 Å². The Kier molecular flexibility index (Phi) is 6.58. The van der Waals surface area contributed by atoms with Gasteiger partial charge in [-0.3, -0.25) is 9.59 Å². The Balaban J connectivity index is 2.01. The van der Waals surface area contributed by atoms with E-state index in [1.165, 1.54) is 19.2 Å². The number of methoxy groups -OCH3 is 1. The van der Waals surface area contributed by atoms with Crippen LogP contribution in [-0.4, -0.2) is 25.5 Å². The maximum atomic E-state index is 13.1. The maximum Gasteiger partial charge on any atom is 0.313 e. The molecular weight excluding hydrogens is 382 g/mol. The van der Waals surface area contributed by atoms with Crippen molar-refractivity contribution in [3.8, 4) is 0 Å². The van der Waals surface area contributed by atoms with E-state index in [9.17, 15) is 14.0 Å². The Labute approximate surface area is 160 Å². The van der Waals surface area contributed by atoms with Gasteiger partial charge in [-0.15, -0.1) is 0 Å². The van der Waals surface area contributed by atoms with Crippen molar-refractivity contribution >= 4 is 40.7 Å². The van der Waals surface area contributed by atoms with Gasteiger partial charge in [0.2, 0.25) is 0 Å². The van der Waals surface area contributed by atoms with Crippen LogP contribution >= 0.6 is 23.2 Å². The molecule has 2 aromatic rings. The van der Waals surface area contributed by atoms with Crippen LogP contribution in [0.3, 0.4) is 0 Å². The van der Waals surface area contributed by atoms with Crippen LogP contribution in [-0.2, 0) is 19.9 Å². The summed E-state index contributed by atoms with van der Waals surface area (Å²) in [4.78, 5) is 24.0. The van der Waals surface area contributed by atoms with Crippen molar-refractivity contribution in [2.75, 3.05) is 19.0 Å². The van der Waals surface area contributed by atoms with Crippen molar-refractivity contribution in [2.45, 2.75) is 12.5 Å². The Bertz CT molecular complexity index is 832. The zero-order chi connectivity index (χ0) is 19.3. The minimum absolute atomic E-state index is 0.0419. The molecule has 0 radical (unpaired) electrons. The summed E-state index contributed by atoms with van der Waals surface area (Å²) in [6, 6.07) is 10.6. The third kappa shape index (κ3) is 4.94. The van der Waals surface area contributed by atoms with E-state index in [2.05, 4.69) is 10.6 Å². The minimum Gasteiger partial charge on any atom is -0.372 e. The van der Waals surface area contributed by atoms with E-state index in [0.29, 0.717) is 5.02 Å². The lowest BCUT2D eigenvalue weighted by Crippen LogP contribution is -2.44. The van der Waals surface area contributed by atoms with Gasteiger partial charge >= 0.3 is 11.8 Å². The number of hydrogen-bond acceptors (Lipinski definition) is 3. The molecule has 0 spiro atoms. The van der Waals surface area contributed by atoms with Crippen molar-refractivity contribution in [1.82, 2.24) is 5.32 Å². The summed E-state index contributed by atoms with van der Waals surface area (Å²) in [7, 11) is 1.49. The van der Waals surface area contributed by atoms with E-state index in [1.807, 2.05) is 6.07 Å². The molecule has 2 aromatic carbocycles. The van der Waals surface area contributed by atoms with Gasteiger partial charge in [-0.2, -0.15) is 0 Å². The van der Waals surface area contributed by atoms with Crippen LogP contribution in [0.1, 0.15) is 12.5 Å². The summed E-state index contributed by atoms with van der Waals surface area (Å²) in [5, 5.41) is 5.24. The number of rotatable bonds is 5. The number of nitrogens with one attached hydrogen (secondary N) is 2. The Morgan fingerprint density at radius 3 is 2.50 bits per heavy atom. The van der Waals surface area contributed by atoms with Gasteiger partial charge in [-0.25, -0.2) is 4.39 Å². The highest BCUT2D eigenvalue weighted by Gasteiger charge is 2.28. The molecule has 0 bridgehead atoms. The summed E-state index contributed by atoms with van der Waals surface area (Å²) in [5.41, 5.74) is 0.0828. The Morgan fingerprint density at radius 2 is 1.88 bits per heavy atom. The van der Waals surface area contributed by atoms with Crippen LogP contribution in [0, 0.1) is 5.82 Å². The number of carbonyl (C=O) groups is 2. The second-order valence-electron chi connectivity index (χ2n) is 5.71. The summed E-state index contributed by atoms with van der Waals surface area (Å²) in [5.74, 6) is -2.39. The first-order chi connectivity index (χ1) is 12.2. The third-order valence-electron chi connectivity index (χ3n) is 3.86. The number of hydrogen-bond donors (Lipinski definition) is 2. The lowest BCUT2D eigenvalue weighted by Gasteiger charge is -2.29. The van der Waals surface area contributed by atoms with Gasteiger partial charge in [0.05, 0.1) is 11.6 Å². The van der Waals surface area contributed by atoms with E-state index in [-0.39, 0.29) is 17.3 Å². The monoisotopic (exact) mass is 398 g/mol. The van der Waals surface area contributed by atoms with E-state index in [4.69, 9.17) is 27.9 Å². The van der Waals surface area contributed by atoms with Gasteiger partial charge in [0.15, 0.2) is 0 Å². The lowest BCUT2D eigenvalue weighted by molar-refractivity contribution is -0.137. The van der Waals surface area contributed by atoms with E-state index in [0.717, 1.165) is 11.6 Å². The van der Waals surface area contributed by atoms with Gasteiger partial charge < -0.3 is 15.4 Å². The molecule has 2 rings (SSSR count). The van der Waals surface area contributed by atoms with Crippen LogP contribution in [0.25, 0.3) is 0 Å². The lowest BCUT2D eigenvalue weighted by atomic mass is 9.95. The van der Waals surface area contributed by atoms with Crippen LogP contribution < -0.4 is 10.6 Å². The first-order valence-corrected chi connectivity index (χ1v) is 8.36. The molecule has 5 nitrogen and oxygen atoms in total. The van der Waals surface area contributed by atoms with Gasteiger partial charge in [-0.1, -0.05) is 35.3 Å². The standard InChI is InChI=1S/C18H17Cl2FN2O3/c1-18(26-2,11-4-3-5-12(19)8-11)10-22-16(24)17(25)23-13-6-7-15(21)14(20)9-13/h3-9H,10H2,1-2H3,(H,22,24)(H,23,25). The van der Waals surface area contributed by atoms with Crippen LogP contribution in [0.4, 0.5) is 10.1 Å². The largest absolute Gasteiger partial charge is 0.372 e. The molecule has 0 aliphatic carbocycles. The Hall–Kier alpha value is -2.15. The number of anilines is 1. The van der Waals surface area contributed by atoms with Gasteiger partial charge in [0.25, 0.3) is 0 Å². The number of benzene rings is 2. The molecule has 0 heterocycles. The second kappa shape index (κ2) is 8.49. The Morgan fingerprint density at radius 1 is 1.15 bits per heavy atom. The minimum atomic E-state index is -0.905. The van der Waals surface area contributed by atoms with Crippen LogP contribution in [0.5, 0.6) is 0 Å². The zero-order valence-corrected chi connectivity index (χ0v) is 15.6. The van der Waals surface area contributed by atoms with Gasteiger partial charge in [-0.05, 0) is 42.8 Å². The molecule has 1 atom stereocenters. The summed E-state index contributed by atoms with van der Waals surface area (Å²) < 4.78 is 18.6. The van der Waals surface area contributed by atoms with Crippen LogP contribution in [0.15, 0.2) is 42.5 Å². The average molecular weight is 399 g/mol. The molecule has 1 unspecified atom stereocenters. The number of carbonyl (C=O) groups excluding carboxylic acids is 2. The number of amides is 2. The highest BCUT2D eigenvalue weighted by Crippen LogP contribution is 2.26. The normalized spacial score (nSPS) is 13.0. The fourth-order valence-electron chi connectivity index (χ4n) is 2.20. The predicted molar refractivity (Wildman–Crippen MR) is 98.9 cm³/mol. The first kappa shape index (κ1) is 20.2. The molecule has 2 N–H and O–H groups in total. The highest BCUT2D eigenvalue weighted by atomic mass is 35.5. The molecule has 26 heavy (non-hydrogen) atoms. The van der Waals surface area contributed by atoms with Gasteiger partial charge in [0, 0.05) is 17.8 Å². The van der Waals surface area contributed by atoms with E-state index in [1.54, 1.807) is 25.1 Å². The highest BCUT2D eigenvalue weighted by molar-refractivity contribution is 6.39. The second-order valence-corrected chi connectivity index (χ2v) is 6.55. The molecular formula is C18H17Cl2FN2O3. The van der Waals surface area contributed by atoms with Crippen LogP contribution in [0.2, 0.25) is 10.0 Å². The maximum absolute atomic E-state index is 13.1. The fraction of sp³-hybridized carbons (Fsp3) is 0.222. The average Bonchev–Trinajstić information content (AvgIpc) is 2.62. The van der Waals surface area contributed by atoms with Crippen molar-refractivity contribution in [3.05, 3.63) is 63.9 Å². The molecule has 0 fully saturated rings. The van der Waals surface area contributed by atoms with E-state index >= 15 is 0 Å². The number of ether oxygens (including phenoxy) is 1. The van der Waals surface area contributed by atoms with Crippen molar-refractivity contribution in [2.24, 2.45) is 0 Å². The molecule has 2 amide bonds. The molecule has 138 valence electrons. The third-order valence-corrected chi connectivity index (χ3v) is 4.38. The summed E-state index contributed by atoms with van der Waals surface area (Å²) >= 11 is 11.6. The summed E-state index contributed by atoms with van der Waals surface area (Å²) in [6.45, 7) is 1.80. The SMILES string of the molecule is COC(C)(CNC(=O)C(=O)Nc1ccc(F)c(Cl)c1)c1cccc(Cl)c1. The zero-order valence-electron chi connectivity index (χ0n) is 14.1. The van der Waals surface area contributed by atoms with Gasteiger partial charge in [0.1, 0.15) is 11.4 Å². The molecule has 8 heteroatoms. The molecule has 0 aromatic heterocycles.